The molecule has 1 nitrogen and oxygen atoms in total. The minimum atomic E-state index is 0.608. The summed E-state index contributed by atoms with van der Waals surface area (Å²) in [5.41, 5.74) is 3.05. The molecule has 0 amide bonds. The van der Waals surface area contributed by atoms with Crippen LogP contribution in [0.1, 0.15) is 71.1 Å². The van der Waals surface area contributed by atoms with Crippen LogP contribution >= 0.6 is 0 Å². The fourth-order valence-electron chi connectivity index (χ4n) is 7.15. The molecule has 5 aliphatic carbocycles. The van der Waals surface area contributed by atoms with E-state index in [1.165, 1.54) is 57.8 Å². The average molecular weight is 273 g/mol. The lowest BCUT2D eigenvalue weighted by Gasteiger charge is -2.64. The molecule has 0 spiro atoms. The molecule has 3 unspecified atom stereocenters. The van der Waals surface area contributed by atoms with Crippen LogP contribution in [0.25, 0.3) is 0 Å². The van der Waals surface area contributed by atoms with Crippen LogP contribution in [0.5, 0.6) is 0 Å². The zero-order valence-electron chi connectivity index (χ0n) is 13.4. The quantitative estimate of drug-likeness (QED) is 0.736. The van der Waals surface area contributed by atoms with E-state index < -0.39 is 0 Å². The number of hydrogen-bond donors (Lipinski definition) is 1. The summed E-state index contributed by atoms with van der Waals surface area (Å²) in [5.74, 6) is 2.09. The van der Waals surface area contributed by atoms with Crippen LogP contribution < -0.4 is 5.32 Å². The van der Waals surface area contributed by atoms with E-state index in [2.05, 4.69) is 25.4 Å². The average Bonchev–Trinajstić information content (AvgIpc) is 2.37. The van der Waals surface area contributed by atoms with Gasteiger partial charge >= 0.3 is 0 Å². The van der Waals surface area contributed by atoms with E-state index >= 15 is 0 Å². The molecule has 4 bridgehead atoms. The Bertz CT molecular complexity index is 407. The Hall–Kier alpha value is -0.300. The third kappa shape index (κ3) is 2.00. The molecule has 112 valence electrons. The van der Waals surface area contributed by atoms with E-state index in [1.54, 1.807) is 12.0 Å². The van der Waals surface area contributed by atoms with Crippen LogP contribution in [0.4, 0.5) is 0 Å². The van der Waals surface area contributed by atoms with E-state index in [1.807, 2.05) is 0 Å². The van der Waals surface area contributed by atoms with Crippen LogP contribution in [0.15, 0.2) is 11.6 Å². The van der Waals surface area contributed by atoms with Gasteiger partial charge in [-0.1, -0.05) is 18.6 Å². The maximum Gasteiger partial charge on any atom is 0.0334 e. The van der Waals surface area contributed by atoms with E-state index in [0.717, 1.165) is 11.8 Å². The summed E-state index contributed by atoms with van der Waals surface area (Å²) in [6.07, 6.45) is 17.2. The van der Waals surface area contributed by atoms with Gasteiger partial charge in [-0.05, 0) is 93.9 Å². The van der Waals surface area contributed by atoms with Gasteiger partial charge in [0.2, 0.25) is 0 Å². The third-order valence-electron chi connectivity index (χ3n) is 7.00. The summed E-state index contributed by atoms with van der Waals surface area (Å²) >= 11 is 0. The molecule has 5 aliphatic rings. The second-order valence-corrected chi connectivity index (χ2v) is 8.88. The van der Waals surface area contributed by atoms with Crippen molar-refractivity contribution in [3.8, 4) is 0 Å². The highest BCUT2D eigenvalue weighted by Gasteiger charge is 2.58. The SMILES string of the molecule is CNC(C1=CCCCC1)C12CC3CC(CC(C)(C3)C1)C2. The normalized spacial score (nSPS) is 48.2. The summed E-state index contributed by atoms with van der Waals surface area (Å²) in [4.78, 5) is 0. The fourth-order valence-corrected chi connectivity index (χ4v) is 7.15. The molecule has 20 heavy (non-hydrogen) atoms. The minimum absolute atomic E-state index is 0.608. The predicted molar refractivity (Wildman–Crippen MR) is 84.6 cm³/mol. The van der Waals surface area contributed by atoms with E-state index in [9.17, 15) is 0 Å². The Morgan fingerprint density at radius 2 is 1.90 bits per heavy atom. The van der Waals surface area contributed by atoms with Gasteiger partial charge in [0, 0.05) is 6.04 Å². The maximum atomic E-state index is 3.78. The summed E-state index contributed by atoms with van der Waals surface area (Å²) in [7, 11) is 2.22. The van der Waals surface area contributed by atoms with E-state index in [-0.39, 0.29) is 0 Å². The van der Waals surface area contributed by atoms with Crippen molar-refractivity contribution in [3.05, 3.63) is 11.6 Å². The van der Waals surface area contributed by atoms with Crippen LogP contribution in [0, 0.1) is 22.7 Å². The van der Waals surface area contributed by atoms with E-state index in [0.29, 0.717) is 16.9 Å². The van der Waals surface area contributed by atoms with Crippen molar-refractivity contribution >= 4 is 0 Å². The molecule has 0 saturated heterocycles. The van der Waals surface area contributed by atoms with Crippen molar-refractivity contribution in [3.63, 3.8) is 0 Å². The van der Waals surface area contributed by atoms with E-state index in [4.69, 9.17) is 0 Å². The van der Waals surface area contributed by atoms with Crippen molar-refractivity contribution in [2.45, 2.75) is 77.2 Å². The Morgan fingerprint density at radius 3 is 2.45 bits per heavy atom. The molecule has 3 atom stereocenters. The molecule has 4 fully saturated rings. The van der Waals surface area contributed by atoms with Crippen LogP contribution in [-0.2, 0) is 0 Å². The predicted octanol–water partition coefficient (Wildman–Crippen LogP) is 4.68. The van der Waals surface area contributed by atoms with Gasteiger partial charge in [0.1, 0.15) is 0 Å². The monoisotopic (exact) mass is 273 g/mol. The molecular weight excluding hydrogens is 242 g/mol. The molecule has 0 aromatic carbocycles. The molecule has 0 aromatic heterocycles. The minimum Gasteiger partial charge on any atom is -0.313 e. The largest absolute Gasteiger partial charge is 0.313 e. The van der Waals surface area contributed by atoms with Gasteiger partial charge in [0.05, 0.1) is 0 Å². The van der Waals surface area contributed by atoms with Gasteiger partial charge in [0.25, 0.3) is 0 Å². The second-order valence-electron chi connectivity index (χ2n) is 8.88. The second kappa shape index (κ2) is 4.60. The van der Waals surface area contributed by atoms with Gasteiger partial charge < -0.3 is 5.32 Å². The topological polar surface area (TPSA) is 12.0 Å². The Kier molecular flexibility index (Phi) is 3.07. The smallest absolute Gasteiger partial charge is 0.0334 e. The molecule has 5 rings (SSSR count). The van der Waals surface area contributed by atoms with Crippen molar-refractivity contribution < 1.29 is 0 Å². The number of hydrogen-bond acceptors (Lipinski definition) is 1. The summed E-state index contributed by atoms with van der Waals surface area (Å²) < 4.78 is 0. The highest BCUT2D eigenvalue weighted by atomic mass is 14.9. The van der Waals surface area contributed by atoms with Crippen molar-refractivity contribution in [1.29, 1.82) is 0 Å². The Morgan fingerprint density at radius 1 is 1.15 bits per heavy atom. The zero-order valence-corrected chi connectivity index (χ0v) is 13.4. The molecule has 4 saturated carbocycles. The van der Waals surface area contributed by atoms with Crippen molar-refractivity contribution in [1.82, 2.24) is 5.32 Å². The van der Waals surface area contributed by atoms with Gasteiger partial charge in [0.15, 0.2) is 0 Å². The maximum absolute atomic E-state index is 3.78. The first kappa shape index (κ1) is 13.4. The van der Waals surface area contributed by atoms with Crippen LogP contribution in [0.3, 0.4) is 0 Å². The third-order valence-corrected chi connectivity index (χ3v) is 7.00. The lowest BCUT2D eigenvalue weighted by molar-refractivity contribution is -0.112. The summed E-state index contributed by atoms with van der Waals surface area (Å²) in [5, 5.41) is 3.78. The number of rotatable bonds is 3. The molecule has 0 aliphatic heterocycles. The molecule has 1 N–H and O–H groups in total. The first-order chi connectivity index (χ1) is 9.62. The molecule has 0 aromatic rings. The summed E-state index contributed by atoms with van der Waals surface area (Å²) in [6, 6.07) is 0.688. The lowest BCUT2D eigenvalue weighted by atomic mass is 9.42. The van der Waals surface area contributed by atoms with Crippen LogP contribution in [-0.4, -0.2) is 13.1 Å². The number of likely N-dealkylation sites (N-methyl/N-ethyl adjacent to an activating group) is 1. The molecular formula is C19H31N. The number of nitrogens with one attached hydrogen (secondary N) is 1. The van der Waals surface area contributed by atoms with Gasteiger partial charge in [-0.2, -0.15) is 0 Å². The standard InChI is InChI=1S/C19H31N/c1-18-9-14-8-15(10-18)12-19(11-14,13-18)17(20-2)16-6-4-3-5-7-16/h6,14-15,17,20H,3-5,7-13H2,1-2H3. The highest BCUT2D eigenvalue weighted by molar-refractivity contribution is 5.22. The van der Waals surface area contributed by atoms with Gasteiger partial charge in [-0.3, -0.25) is 0 Å². The first-order valence-corrected chi connectivity index (χ1v) is 8.99. The zero-order chi connectivity index (χ0) is 13.8. The van der Waals surface area contributed by atoms with Gasteiger partial charge in [-0.25, -0.2) is 0 Å². The molecule has 0 heterocycles. The lowest BCUT2D eigenvalue weighted by Crippen LogP contribution is -2.58. The fraction of sp³-hybridized carbons (Fsp3) is 0.895. The molecule has 0 radical (unpaired) electrons. The summed E-state index contributed by atoms with van der Waals surface area (Å²) in [6.45, 7) is 2.60. The molecule has 1 heteroatoms. The Labute approximate surface area is 124 Å². The van der Waals surface area contributed by atoms with Crippen molar-refractivity contribution in [2.75, 3.05) is 7.05 Å². The number of allylic oxidation sites excluding steroid dienone is 1. The first-order valence-electron chi connectivity index (χ1n) is 8.99. The van der Waals surface area contributed by atoms with Gasteiger partial charge in [-0.15, -0.1) is 0 Å². The highest BCUT2D eigenvalue weighted by Crippen LogP contribution is 2.66. The Balaban J connectivity index is 1.67. The van der Waals surface area contributed by atoms with Crippen molar-refractivity contribution in [2.24, 2.45) is 22.7 Å². The van der Waals surface area contributed by atoms with Crippen LogP contribution in [0.2, 0.25) is 0 Å².